The zero-order valence-corrected chi connectivity index (χ0v) is 64.5. The molecule has 0 unspecified atom stereocenters. The number of primary amides is 2. The van der Waals surface area contributed by atoms with Crippen molar-refractivity contribution in [3.8, 4) is 5.75 Å². The number of aromatic hydroxyl groups is 1. The number of aliphatic imine (C=N–C) groups is 1. The quantitative estimate of drug-likeness (QED) is 0.0130. The van der Waals surface area contributed by atoms with Gasteiger partial charge in [0.2, 0.25) is 41.4 Å². The van der Waals surface area contributed by atoms with E-state index in [-0.39, 0.29) is 126 Å². The summed E-state index contributed by atoms with van der Waals surface area (Å²) in [5, 5.41) is 66.4. The maximum absolute atomic E-state index is 15.3. The minimum Gasteiger partial charge on any atom is -0.508 e. The summed E-state index contributed by atoms with van der Waals surface area (Å²) in [6.07, 6.45) is -6.16. The van der Waals surface area contributed by atoms with Crippen LogP contribution in [0, 0.1) is 35.5 Å². The van der Waals surface area contributed by atoms with Crippen LogP contribution in [-0.2, 0) is 97.7 Å². The van der Waals surface area contributed by atoms with Crippen molar-refractivity contribution in [2.75, 3.05) is 37.7 Å². The van der Waals surface area contributed by atoms with E-state index >= 15 is 14.4 Å². The lowest BCUT2D eigenvalue weighted by molar-refractivity contribution is -0.148. The van der Waals surface area contributed by atoms with E-state index in [1.807, 2.05) is 0 Å². The number of aliphatic carboxylic acids is 2. The second-order valence-electron chi connectivity index (χ2n) is 28.6. The number of carboxylic acids is 2. The van der Waals surface area contributed by atoms with Gasteiger partial charge in [0.15, 0.2) is 40.7 Å². The highest BCUT2D eigenvalue weighted by molar-refractivity contribution is 7.80. The van der Waals surface area contributed by atoms with E-state index in [1.165, 1.54) is 35.1 Å². The molecule has 113 heavy (non-hydrogen) atoms. The molecule has 37 nitrogen and oxygen atoms in total. The van der Waals surface area contributed by atoms with Gasteiger partial charge in [0, 0.05) is 136 Å². The van der Waals surface area contributed by atoms with Gasteiger partial charge in [-0.2, -0.15) is 25.3 Å². The standard InChI is InChI=1S/C74H103N17O20S2/c1-39(92)66-62(99)31-45(33-65(102)103)71(108)91-23-6-11-56(91)61(98)30-42(7-4-21-80-73(77)78)68(105)86-55(38-113)60(97)27-41(8-5-22-81-74(79)111)67(104)85-53(26-47-35-82-51-10-3-2-9-50(47)51)58(95)28-43(14-19-63(76)100)69(106)84-52(57(94)32-46(72(109)110)25-40-12-16-49(93)17-13-40)18-15-48-36-90(89-88-48)24-20-44(70(107)87-66)29-59(96)54(37-112)83-64(101)34-75/h2-3,9-10,12-13,16-17,35-36,39,41-46,52-56,66,82,92-93,112-113H,4-8,11,14-15,18-34,37-38,75H2,1H3,(H2,76,100)(H,83,101)(H,84,106)(H,85,104)(H,86,105)(H,87,107)(H,102,103)(H,109,110)(H4,77,78,80)(H3,79,81,111)/t39-,41-,42-,43-,44-,45+,46-,52+,53+,54+,55+,56+,66+/m1/s1. The molecular formula is C74H103N17O20S2. The number of hydrogen-bond donors (Lipinski definition) is 18. The van der Waals surface area contributed by atoms with Crippen molar-refractivity contribution in [3.05, 3.63) is 77.7 Å². The zero-order chi connectivity index (χ0) is 83.2. The summed E-state index contributed by atoms with van der Waals surface area (Å²) in [6, 6.07) is 2.57. The Hall–Kier alpha value is -10.7. The van der Waals surface area contributed by atoms with Crippen molar-refractivity contribution < 1.29 is 97.1 Å². The number of aromatic nitrogens is 4. The number of benzene rings is 2. The Kier molecular flexibility index (Phi) is 36.4. The average Bonchev–Trinajstić information content (AvgIpc) is 1.63. The number of aliphatic hydroxyl groups is 1. The van der Waals surface area contributed by atoms with Gasteiger partial charge in [-0.25, -0.2) is 4.79 Å². The molecule has 0 aliphatic carbocycles. The first-order chi connectivity index (χ1) is 53.7. The number of amides is 9. The Bertz CT molecular complexity index is 4090. The Morgan fingerprint density at radius 2 is 1.35 bits per heavy atom. The number of nitrogens with zero attached hydrogens (tertiary/aromatic N) is 5. The van der Waals surface area contributed by atoms with E-state index in [1.54, 1.807) is 30.5 Å². The molecule has 2 bridgehead atoms. The number of H-pyrrole nitrogens is 1. The van der Waals surface area contributed by atoms with Crippen molar-refractivity contribution in [3.63, 3.8) is 0 Å². The van der Waals surface area contributed by atoms with Crippen LogP contribution in [0.4, 0.5) is 4.79 Å². The van der Waals surface area contributed by atoms with Crippen LogP contribution in [0.2, 0.25) is 0 Å². The lowest BCUT2D eigenvalue weighted by Gasteiger charge is -2.30. The summed E-state index contributed by atoms with van der Waals surface area (Å²) in [7, 11) is 0. The average molecular weight is 1610 g/mol. The van der Waals surface area contributed by atoms with Crippen LogP contribution in [0.25, 0.3) is 10.9 Å². The number of carbonyl (C=O) groups excluding carboxylic acids is 14. The maximum Gasteiger partial charge on any atom is 0.312 e. The van der Waals surface area contributed by atoms with Gasteiger partial charge in [0.1, 0.15) is 11.8 Å². The molecule has 13 atom stereocenters. The number of phenols is 1. The largest absolute Gasteiger partial charge is 0.508 e. The van der Waals surface area contributed by atoms with Crippen molar-refractivity contribution in [1.29, 1.82) is 0 Å². The van der Waals surface area contributed by atoms with Gasteiger partial charge in [-0.05, 0) is 107 Å². The van der Waals surface area contributed by atoms with Crippen molar-refractivity contribution >= 4 is 136 Å². The topological polar surface area (TPSA) is 618 Å². The highest BCUT2D eigenvalue weighted by Gasteiger charge is 2.43. The molecule has 0 radical (unpaired) electrons. The number of nitrogens with one attached hydrogen (secondary N) is 7. The van der Waals surface area contributed by atoms with Gasteiger partial charge < -0.3 is 90.9 Å². The first-order valence-corrected chi connectivity index (χ1v) is 38.6. The predicted octanol–water partition coefficient (Wildman–Crippen LogP) is -1.32. The van der Waals surface area contributed by atoms with Crippen molar-refractivity contribution in [2.24, 2.45) is 69.2 Å². The normalized spacial score (nSPS) is 22.8. The van der Waals surface area contributed by atoms with Gasteiger partial charge in [-0.1, -0.05) is 35.5 Å². The number of thiol groups is 2. The van der Waals surface area contributed by atoms with Crippen LogP contribution in [-0.4, -0.2) is 225 Å². The number of guanidine groups is 1. The Labute approximate surface area is 661 Å². The number of fused-ring (bicyclic) bond motifs is 4. The second kappa shape index (κ2) is 45.1. The van der Waals surface area contributed by atoms with E-state index < -0.39 is 236 Å². The van der Waals surface area contributed by atoms with Crippen LogP contribution in [0.15, 0.2) is 65.9 Å². The Morgan fingerprint density at radius 3 is 1.97 bits per heavy atom. The number of hydrogen-bond acceptors (Lipinski definition) is 24. The molecule has 0 spiro atoms. The number of aromatic amines is 1. The van der Waals surface area contributed by atoms with E-state index in [0.29, 0.717) is 22.0 Å². The number of carbonyl (C=O) groups is 16. The molecule has 39 heteroatoms. The molecule has 2 aromatic heterocycles. The highest BCUT2D eigenvalue weighted by Crippen LogP contribution is 2.30. The molecule has 6 rings (SSSR count). The lowest BCUT2D eigenvalue weighted by atomic mass is 9.88. The number of carboxylic acid groups (broad SMARTS) is 2. The first-order valence-electron chi connectivity index (χ1n) is 37.3. The summed E-state index contributed by atoms with van der Waals surface area (Å²) >= 11 is 8.63. The molecule has 2 aliphatic rings. The van der Waals surface area contributed by atoms with Crippen LogP contribution in [0.5, 0.6) is 5.75 Å². The van der Waals surface area contributed by atoms with E-state index in [2.05, 4.69) is 77.4 Å². The number of aryl methyl sites for hydroxylation is 2. The van der Waals surface area contributed by atoms with Crippen LogP contribution < -0.4 is 60.6 Å². The fourth-order valence-corrected chi connectivity index (χ4v) is 14.4. The summed E-state index contributed by atoms with van der Waals surface area (Å²) in [5.74, 6) is -23.9. The van der Waals surface area contributed by atoms with Gasteiger partial charge in [0.05, 0.1) is 66.8 Å². The SMILES string of the molecule is C[C@@H](O)[C@@H]1NC(=O)[C@@H](CC(=O)[C@H](CS)NC(=O)CN)CCn2cc(nn2)CC[C@@H](C(=O)C[C@@H](Cc2ccc(O)cc2)C(=O)O)NC(=O)[C@H](CCC(N)=O)CC(=O)[C@H](Cc2c[nH]c3ccccc23)NC(=O)[C@H](CCCNC(N)=O)CC(=O)[C@H](CS)NC(=O)[C@H](CCCN=C(N)N)CC(=O)[C@@H]2CCCN2C(=O)[C@H](CC(=O)O)CC1=O. The van der Waals surface area contributed by atoms with Gasteiger partial charge in [-0.15, -0.1) is 5.10 Å². The maximum atomic E-state index is 15.3. The number of nitrogens with two attached hydrogens (primary N) is 5. The molecule has 616 valence electrons. The Balaban J connectivity index is 1.48. The fourth-order valence-electron chi connectivity index (χ4n) is 13.8. The number of urea groups is 1. The van der Waals surface area contributed by atoms with Gasteiger partial charge >= 0.3 is 18.0 Å². The molecule has 4 aromatic rings. The number of aliphatic hydroxyl groups excluding tert-OH is 1. The van der Waals surface area contributed by atoms with Gasteiger partial charge in [-0.3, -0.25) is 81.6 Å². The third kappa shape index (κ3) is 29.1. The molecular weight excluding hydrogens is 1510 g/mol. The van der Waals surface area contributed by atoms with E-state index in [0.717, 1.165) is 11.8 Å². The molecule has 4 heterocycles. The first kappa shape index (κ1) is 91.2. The number of rotatable bonds is 29. The minimum atomic E-state index is -1.87. The smallest absolute Gasteiger partial charge is 0.312 e. The number of para-hydroxylation sites is 1. The predicted molar refractivity (Wildman–Crippen MR) is 413 cm³/mol. The summed E-state index contributed by atoms with van der Waals surface area (Å²) in [4.78, 5) is 233. The monoisotopic (exact) mass is 1610 g/mol. The highest BCUT2D eigenvalue weighted by atomic mass is 32.1. The van der Waals surface area contributed by atoms with Crippen molar-refractivity contribution in [1.82, 2.24) is 56.8 Å². The van der Waals surface area contributed by atoms with Crippen LogP contribution >= 0.6 is 25.3 Å². The molecule has 1 fully saturated rings. The van der Waals surface area contributed by atoms with Crippen LogP contribution in [0.3, 0.4) is 0 Å². The summed E-state index contributed by atoms with van der Waals surface area (Å²) < 4.78 is 1.24. The number of phenolic OH excluding ortho intramolecular Hbond substituents is 1. The molecule has 21 N–H and O–H groups in total. The number of ketones is 6. The minimum absolute atomic E-state index is 0.0149. The fraction of sp³-hybridized carbons (Fsp3) is 0.554. The van der Waals surface area contributed by atoms with E-state index in [9.17, 15) is 82.8 Å². The molecule has 9 amide bonds. The Morgan fingerprint density at radius 1 is 0.717 bits per heavy atom. The van der Waals surface area contributed by atoms with Crippen LogP contribution in [0.1, 0.15) is 133 Å². The molecule has 0 saturated carbocycles. The second-order valence-corrected chi connectivity index (χ2v) is 29.3. The van der Waals surface area contributed by atoms with Gasteiger partial charge in [0.25, 0.3) is 0 Å². The summed E-state index contributed by atoms with van der Waals surface area (Å²) in [5.41, 5.74) is 29.4. The van der Waals surface area contributed by atoms with Crippen molar-refractivity contribution in [2.45, 2.75) is 184 Å². The molecule has 2 aliphatic heterocycles. The number of Topliss-reactive ketones (excluding diaryl/α,β-unsaturated/α-hetero) is 6. The van der Waals surface area contributed by atoms with E-state index in [4.69, 9.17) is 28.7 Å². The third-order valence-electron chi connectivity index (χ3n) is 20.0. The molecule has 1 saturated heterocycles. The zero-order valence-electron chi connectivity index (χ0n) is 62.7. The lowest BCUT2D eigenvalue weighted by Crippen LogP contribution is -2.52. The third-order valence-corrected chi connectivity index (χ3v) is 20.7. The summed E-state index contributed by atoms with van der Waals surface area (Å²) in [6.45, 7) is 0.109. The molecule has 2 aromatic carbocycles.